The highest BCUT2D eigenvalue weighted by molar-refractivity contribution is 5.77. The van der Waals surface area contributed by atoms with Crippen LogP contribution in [0.2, 0.25) is 0 Å². The van der Waals surface area contributed by atoms with Gasteiger partial charge in [-0.3, -0.25) is 4.79 Å². The van der Waals surface area contributed by atoms with Crippen molar-refractivity contribution < 1.29 is 19.4 Å². The number of hydrogen-bond donors (Lipinski definition) is 2. The Morgan fingerprint density at radius 3 is 2.41 bits per heavy atom. The number of carbonyl (C=O) groups excluding carboxylic acids is 1. The molecule has 6 heteroatoms. The van der Waals surface area contributed by atoms with Gasteiger partial charge in [0.1, 0.15) is 0 Å². The van der Waals surface area contributed by atoms with E-state index in [4.69, 9.17) is 9.84 Å². The zero-order valence-electron chi connectivity index (χ0n) is 9.78. The van der Waals surface area contributed by atoms with Crippen LogP contribution in [0, 0.1) is 0 Å². The molecule has 1 heterocycles. The molecule has 2 rings (SSSR count). The molecule has 96 valence electrons. The summed E-state index contributed by atoms with van der Waals surface area (Å²) in [5.74, 6) is -0.855. The monoisotopic (exact) mass is 242 g/mol. The summed E-state index contributed by atoms with van der Waals surface area (Å²) in [7, 11) is 0. The van der Waals surface area contributed by atoms with Crippen LogP contribution in [0.15, 0.2) is 0 Å². The van der Waals surface area contributed by atoms with Crippen LogP contribution in [-0.2, 0) is 9.53 Å². The van der Waals surface area contributed by atoms with Gasteiger partial charge in [0.2, 0.25) is 0 Å². The molecule has 0 aromatic heterocycles. The lowest BCUT2D eigenvalue weighted by Gasteiger charge is -2.43. The molecule has 1 saturated heterocycles. The zero-order valence-corrected chi connectivity index (χ0v) is 9.78. The van der Waals surface area contributed by atoms with E-state index in [2.05, 4.69) is 5.32 Å². The number of carboxylic acids is 1. The molecule has 2 aliphatic rings. The van der Waals surface area contributed by atoms with Crippen molar-refractivity contribution in [2.75, 3.05) is 26.3 Å². The molecular formula is C11H18N2O4. The van der Waals surface area contributed by atoms with Gasteiger partial charge in [0.15, 0.2) is 0 Å². The van der Waals surface area contributed by atoms with Crippen molar-refractivity contribution in [3.05, 3.63) is 0 Å². The first-order valence-electron chi connectivity index (χ1n) is 5.98. The molecule has 6 nitrogen and oxygen atoms in total. The van der Waals surface area contributed by atoms with Crippen LogP contribution < -0.4 is 5.32 Å². The Kier molecular flexibility index (Phi) is 3.51. The van der Waals surface area contributed by atoms with E-state index >= 15 is 0 Å². The van der Waals surface area contributed by atoms with E-state index in [0.29, 0.717) is 26.3 Å². The Bertz CT molecular complexity index is 309. The summed E-state index contributed by atoms with van der Waals surface area (Å²) in [6.07, 6.45) is 2.52. The fraction of sp³-hybridized carbons (Fsp3) is 0.818. The number of rotatable bonds is 3. The number of nitrogens with one attached hydrogen (secondary N) is 1. The van der Waals surface area contributed by atoms with Crippen LogP contribution in [0.5, 0.6) is 0 Å². The minimum Gasteiger partial charge on any atom is -0.481 e. The van der Waals surface area contributed by atoms with Crippen LogP contribution in [0.4, 0.5) is 4.79 Å². The normalized spacial score (nSPS) is 22.7. The molecule has 0 aromatic rings. The first kappa shape index (κ1) is 12.2. The molecule has 17 heavy (non-hydrogen) atoms. The third-order valence-corrected chi connectivity index (χ3v) is 3.47. The predicted molar refractivity (Wildman–Crippen MR) is 59.8 cm³/mol. The minimum absolute atomic E-state index is 0.0169. The highest BCUT2D eigenvalue weighted by Gasteiger charge is 2.41. The maximum Gasteiger partial charge on any atom is 0.318 e. The molecule has 0 spiro atoms. The van der Waals surface area contributed by atoms with Crippen molar-refractivity contribution in [2.45, 2.75) is 31.2 Å². The third-order valence-electron chi connectivity index (χ3n) is 3.47. The highest BCUT2D eigenvalue weighted by Crippen LogP contribution is 2.35. The Morgan fingerprint density at radius 2 is 1.94 bits per heavy atom. The van der Waals surface area contributed by atoms with Gasteiger partial charge in [-0.25, -0.2) is 4.79 Å². The quantitative estimate of drug-likeness (QED) is 0.752. The Labute approximate surface area is 99.9 Å². The van der Waals surface area contributed by atoms with E-state index in [-0.39, 0.29) is 12.5 Å². The summed E-state index contributed by atoms with van der Waals surface area (Å²) in [5, 5.41) is 11.7. The van der Waals surface area contributed by atoms with E-state index in [9.17, 15) is 9.59 Å². The summed E-state index contributed by atoms with van der Waals surface area (Å²) in [4.78, 5) is 24.4. The summed E-state index contributed by atoms with van der Waals surface area (Å²) >= 11 is 0. The molecule has 2 N–H and O–H groups in total. The van der Waals surface area contributed by atoms with Crippen molar-refractivity contribution >= 4 is 12.0 Å². The predicted octanol–water partition coefficient (Wildman–Crippen LogP) is 0.426. The maximum atomic E-state index is 12.0. The van der Waals surface area contributed by atoms with Gasteiger partial charge in [-0.1, -0.05) is 0 Å². The van der Waals surface area contributed by atoms with Gasteiger partial charge in [-0.05, 0) is 19.3 Å². The molecule has 2 amide bonds. The van der Waals surface area contributed by atoms with Crippen LogP contribution >= 0.6 is 0 Å². The molecule has 0 aromatic carbocycles. The van der Waals surface area contributed by atoms with Crippen molar-refractivity contribution in [1.29, 1.82) is 0 Å². The lowest BCUT2D eigenvalue weighted by molar-refractivity contribution is -0.139. The lowest BCUT2D eigenvalue weighted by Crippen LogP contribution is -2.59. The van der Waals surface area contributed by atoms with Gasteiger partial charge in [-0.2, -0.15) is 0 Å². The number of carboxylic acid groups (broad SMARTS) is 1. The molecule has 0 unspecified atom stereocenters. The molecule has 1 saturated carbocycles. The van der Waals surface area contributed by atoms with E-state index < -0.39 is 11.5 Å². The molecule has 1 aliphatic carbocycles. The average molecular weight is 242 g/mol. The number of ether oxygens (including phenoxy) is 1. The maximum absolute atomic E-state index is 12.0. The van der Waals surface area contributed by atoms with Gasteiger partial charge in [0.25, 0.3) is 0 Å². The second kappa shape index (κ2) is 4.91. The first-order chi connectivity index (χ1) is 8.11. The number of urea groups is 1. The molecule has 0 bridgehead atoms. The van der Waals surface area contributed by atoms with Crippen molar-refractivity contribution in [3.63, 3.8) is 0 Å². The zero-order chi connectivity index (χ0) is 12.3. The molecule has 0 radical (unpaired) electrons. The number of morpholine rings is 1. The SMILES string of the molecule is O=C(O)CC1(NC(=O)N2CCOCC2)CCC1. The van der Waals surface area contributed by atoms with Gasteiger partial charge in [0, 0.05) is 13.1 Å². The molecular weight excluding hydrogens is 224 g/mol. The van der Waals surface area contributed by atoms with E-state index in [1.807, 2.05) is 0 Å². The van der Waals surface area contributed by atoms with Crippen molar-refractivity contribution in [3.8, 4) is 0 Å². The second-order valence-electron chi connectivity index (χ2n) is 4.73. The fourth-order valence-corrected chi connectivity index (χ4v) is 2.31. The second-order valence-corrected chi connectivity index (χ2v) is 4.73. The topological polar surface area (TPSA) is 78.9 Å². The summed E-state index contributed by atoms with van der Waals surface area (Å²) in [5.41, 5.74) is -0.513. The summed E-state index contributed by atoms with van der Waals surface area (Å²) in [6.45, 7) is 2.27. The minimum atomic E-state index is -0.855. The van der Waals surface area contributed by atoms with Gasteiger partial charge < -0.3 is 20.1 Å². The number of carbonyl (C=O) groups is 2. The van der Waals surface area contributed by atoms with Crippen molar-refractivity contribution in [1.82, 2.24) is 10.2 Å². The van der Waals surface area contributed by atoms with Gasteiger partial charge >= 0.3 is 12.0 Å². The fourth-order valence-electron chi connectivity index (χ4n) is 2.31. The van der Waals surface area contributed by atoms with E-state index in [1.54, 1.807) is 4.90 Å². The van der Waals surface area contributed by atoms with Gasteiger partial charge in [0.05, 0.1) is 25.2 Å². The number of amides is 2. The summed E-state index contributed by atoms with van der Waals surface area (Å²) in [6, 6.07) is -0.158. The third kappa shape index (κ3) is 2.88. The largest absolute Gasteiger partial charge is 0.481 e. The highest BCUT2D eigenvalue weighted by atomic mass is 16.5. The van der Waals surface area contributed by atoms with Gasteiger partial charge in [-0.15, -0.1) is 0 Å². The van der Waals surface area contributed by atoms with Crippen LogP contribution in [0.1, 0.15) is 25.7 Å². The Balaban J connectivity index is 1.89. The summed E-state index contributed by atoms with van der Waals surface area (Å²) < 4.78 is 5.17. The van der Waals surface area contributed by atoms with E-state index in [0.717, 1.165) is 19.3 Å². The Morgan fingerprint density at radius 1 is 1.29 bits per heavy atom. The average Bonchev–Trinajstić information content (AvgIpc) is 2.26. The standard InChI is InChI=1S/C11H18N2O4/c14-9(15)8-11(2-1-3-11)12-10(16)13-4-6-17-7-5-13/h1-8H2,(H,12,16)(H,14,15). The Hall–Kier alpha value is -1.30. The first-order valence-corrected chi connectivity index (χ1v) is 5.98. The molecule has 1 aliphatic heterocycles. The smallest absolute Gasteiger partial charge is 0.318 e. The van der Waals surface area contributed by atoms with E-state index in [1.165, 1.54) is 0 Å². The van der Waals surface area contributed by atoms with Crippen LogP contribution in [0.25, 0.3) is 0 Å². The number of hydrogen-bond acceptors (Lipinski definition) is 3. The number of nitrogens with zero attached hydrogens (tertiary/aromatic N) is 1. The van der Waals surface area contributed by atoms with Crippen molar-refractivity contribution in [2.24, 2.45) is 0 Å². The molecule has 0 atom stereocenters. The van der Waals surface area contributed by atoms with Crippen LogP contribution in [0.3, 0.4) is 0 Å². The van der Waals surface area contributed by atoms with Crippen LogP contribution in [-0.4, -0.2) is 53.8 Å². The lowest BCUT2D eigenvalue weighted by atomic mass is 9.74. The molecule has 2 fully saturated rings. The number of aliphatic carboxylic acids is 1.